The Morgan fingerprint density at radius 2 is 1.30 bits per heavy atom. The molecule has 1 saturated heterocycles. The highest BCUT2D eigenvalue weighted by Gasteiger charge is 2.13. The molecular formula is C23H21NO3. The summed E-state index contributed by atoms with van der Waals surface area (Å²) in [4.78, 5) is 15.0. The second kappa shape index (κ2) is 8.06. The molecule has 0 bridgehead atoms. The summed E-state index contributed by atoms with van der Waals surface area (Å²) in [7, 11) is 0. The molecule has 4 heteroatoms. The van der Waals surface area contributed by atoms with E-state index in [1.807, 2.05) is 66.7 Å². The quantitative estimate of drug-likeness (QED) is 0.627. The molecule has 27 heavy (non-hydrogen) atoms. The molecule has 4 nitrogen and oxygen atoms in total. The van der Waals surface area contributed by atoms with E-state index in [0.29, 0.717) is 16.9 Å². The van der Waals surface area contributed by atoms with Gasteiger partial charge in [0.2, 0.25) is 0 Å². The second-order valence-corrected chi connectivity index (χ2v) is 6.41. The van der Waals surface area contributed by atoms with Crippen LogP contribution in [0.15, 0.2) is 78.9 Å². The van der Waals surface area contributed by atoms with Crippen LogP contribution < -0.4 is 9.64 Å². The topological polar surface area (TPSA) is 38.8 Å². The van der Waals surface area contributed by atoms with Gasteiger partial charge in [0.25, 0.3) is 0 Å². The smallest absolute Gasteiger partial charge is 0.193 e. The van der Waals surface area contributed by atoms with Crippen molar-refractivity contribution in [3.05, 3.63) is 90.0 Å². The van der Waals surface area contributed by atoms with E-state index in [-0.39, 0.29) is 5.78 Å². The highest BCUT2D eigenvalue weighted by Crippen LogP contribution is 2.23. The van der Waals surface area contributed by atoms with Gasteiger partial charge in [-0.3, -0.25) is 4.79 Å². The maximum Gasteiger partial charge on any atom is 0.193 e. The molecule has 1 fully saturated rings. The fourth-order valence-electron chi connectivity index (χ4n) is 3.11. The lowest BCUT2D eigenvalue weighted by Crippen LogP contribution is -2.36. The Labute approximate surface area is 159 Å². The van der Waals surface area contributed by atoms with E-state index < -0.39 is 0 Å². The zero-order chi connectivity index (χ0) is 18.5. The van der Waals surface area contributed by atoms with Gasteiger partial charge in [-0.05, 0) is 60.7 Å². The van der Waals surface area contributed by atoms with Crippen molar-refractivity contribution in [2.75, 3.05) is 31.2 Å². The number of ketones is 1. The van der Waals surface area contributed by atoms with Crippen LogP contribution in [0.5, 0.6) is 11.5 Å². The largest absolute Gasteiger partial charge is 0.457 e. The van der Waals surface area contributed by atoms with Gasteiger partial charge in [-0.15, -0.1) is 0 Å². The summed E-state index contributed by atoms with van der Waals surface area (Å²) < 4.78 is 11.2. The molecule has 0 N–H and O–H groups in total. The molecule has 0 aliphatic carbocycles. The first-order valence-electron chi connectivity index (χ1n) is 9.10. The number of carbonyl (C=O) groups is 1. The number of hydrogen-bond acceptors (Lipinski definition) is 4. The zero-order valence-corrected chi connectivity index (χ0v) is 15.0. The minimum absolute atomic E-state index is 0.00906. The molecule has 0 aromatic heterocycles. The van der Waals surface area contributed by atoms with E-state index >= 15 is 0 Å². The highest BCUT2D eigenvalue weighted by atomic mass is 16.5. The molecule has 0 spiro atoms. The van der Waals surface area contributed by atoms with Crippen LogP contribution in [-0.2, 0) is 4.74 Å². The molecule has 3 aromatic carbocycles. The van der Waals surface area contributed by atoms with Crippen LogP contribution >= 0.6 is 0 Å². The number of benzene rings is 3. The van der Waals surface area contributed by atoms with E-state index in [2.05, 4.69) is 4.90 Å². The monoisotopic (exact) mass is 359 g/mol. The molecule has 0 saturated carbocycles. The Balaban J connectivity index is 1.44. The number of para-hydroxylation sites is 1. The first-order chi connectivity index (χ1) is 13.3. The molecule has 1 aliphatic heterocycles. The van der Waals surface area contributed by atoms with Crippen molar-refractivity contribution in [3.8, 4) is 11.5 Å². The molecule has 3 aromatic rings. The molecule has 4 rings (SSSR count). The number of nitrogens with zero attached hydrogens (tertiary/aromatic N) is 1. The summed E-state index contributed by atoms with van der Waals surface area (Å²) in [6.45, 7) is 3.27. The van der Waals surface area contributed by atoms with E-state index in [9.17, 15) is 4.79 Å². The van der Waals surface area contributed by atoms with Gasteiger partial charge < -0.3 is 14.4 Å². The van der Waals surface area contributed by atoms with Crippen LogP contribution in [0, 0.1) is 0 Å². The van der Waals surface area contributed by atoms with E-state index in [1.165, 1.54) is 0 Å². The van der Waals surface area contributed by atoms with Crippen molar-refractivity contribution in [1.82, 2.24) is 0 Å². The average Bonchev–Trinajstić information content (AvgIpc) is 2.75. The van der Waals surface area contributed by atoms with Gasteiger partial charge in [-0.2, -0.15) is 0 Å². The number of anilines is 1. The highest BCUT2D eigenvalue weighted by molar-refractivity contribution is 6.09. The number of ether oxygens (including phenoxy) is 2. The third-order valence-corrected chi connectivity index (χ3v) is 4.60. The molecule has 1 heterocycles. The Morgan fingerprint density at radius 1 is 0.741 bits per heavy atom. The molecule has 0 unspecified atom stereocenters. The summed E-state index contributed by atoms with van der Waals surface area (Å²) in [6.07, 6.45) is 0. The van der Waals surface area contributed by atoms with Crippen molar-refractivity contribution < 1.29 is 14.3 Å². The van der Waals surface area contributed by atoms with Gasteiger partial charge in [0.05, 0.1) is 13.2 Å². The fraction of sp³-hybridized carbons (Fsp3) is 0.174. The van der Waals surface area contributed by atoms with Crippen LogP contribution in [0.25, 0.3) is 0 Å². The molecule has 136 valence electrons. The SMILES string of the molecule is O=C(c1ccc(Oc2ccccc2)cc1)c1ccc(N2CCOCC2)cc1. The average molecular weight is 359 g/mol. The fourth-order valence-corrected chi connectivity index (χ4v) is 3.11. The van der Waals surface area contributed by atoms with Gasteiger partial charge in [-0.1, -0.05) is 18.2 Å². The van der Waals surface area contributed by atoms with Crippen LogP contribution in [-0.4, -0.2) is 32.1 Å². The summed E-state index contributed by atoms with van der Waals surface area (Å²) in [5, 5.41) is 0. The zero-order valence-electron chi connectivity index (χ0n) is 15.0. The predicted octanol–water partition coefficient (Wildman–Crippen LogP) is 4.55. The lowest BCUT2D eigenvalue weighted by molar-refractivity contribution is 0.103. The third kappa shape index (κ3) is 4.18. The van der Waals surface area contributed by atoms with Crippen LogP contribution in [0.2, 0.25) is 0 Å². The maximum atomic E-state index is 12.7. The number of morpholine rings is 1. The van der Waals surface area contributed by atoms with Gasteiger partial charge in [-0.25, -0.2) is 0 Å². The minimum Gasteiger partial charge on any atom is -0.457 e. The van der Waals surface area contributed by atoms with E-state index in [1.54, 1.807) is 12.1 Å². The first kappa shape index (κ1) is 17.3. The van der Waals surface area contributed by atoms with E-state index in [0.717, 1.165) is 37.7 Å². The standard InChI is InChI=1S/C23H21NO3/c25-23(18-6-10-20(11-7-18)24-14-16-26-17-15-24)19-8-12-22(13-9-19)27-21-4-2-1-3-5-21/h1-13H,14-17H2. The Kier molecular flexibility index (Phi) is 5.17. The number of hydrogen-bond donors (Lipinski definition) is 0. The van der Waals surface area contributed by atoms with Gasteiger partial charge in [0.1, 0.15) is 11.5 Å². The van der Waals surface area contributed by atoms with Crippen molar-refractivity contribution >= 4 is 11.5 Å². The van der Waals surface area contributed by atoms with E-state index in [4.69, 9.17) is 9.47 Å². The second-order valence-electron chi connectivity index (χ2n) is 6.41. The van der Waals surface area contributed by atoms with Crippen LogP contribution in [0.4, 0.5) is 5.69 Å². The Bertz CT molecular complexity index is 883. The summed E-state index contributed by atoms with van der Waals surface area (Å²) in [5.74, 6) is 1.49. The molecule has 0 atom stereocenters. The van der Waals surface area contributed by atoms with Gasteiger partial charge in [0, 0.05) is 29.9 Å². The summed E-state index contributed by atoms with van der Waals surface area (Å²) in [5.41, 5.74) is 2.46. The molecule has 0 radical (unpaired) electrons. The van der Waals surface area contributed by atoms with Crippen molar-refractivity contribution in [2.45, 2.75) is 0 Å². The summed E-state index contributed by atoms with van der Waals surface area (Å²) >= 11 is 0. The first-order valence-corrected chi connectivity index (χ1v) is 9.10. The van der Waals surface area contributed by atoms with Crippen molar-refractivity contribution in [3.63, 3.8) is 0 Å². The minimum atomic E-state index is 0.00906. The Morgan fingerprint density at radius 3 is 1.93 bits per heavy atom. The van der Waals surface area contributed by atoms with Crippen LogP contribution in [0.1, 0.15) is 15.9 Å². The normalized spacial score (nSPS) is 14.0. The van der Waals surface area contributed by atoms with Gasteiger partial charge >= 0.3 is 0 Å². The van der Waals surface area contributed by atoms with Crippen molar-refractivity contribution in [1.29, 1.82) is 0 Å². The number of rotatable bonds is 5. The lowest BCUT2D eigenvalue weighted by atomic mass is 10.0. The number of carbonyl (C=O) groups excluding carboxylic acids is 1. The molecule has 1 aliphatic rings. The summed E-state index contributed by atoms with van der Waals surface area (Å²) in [6, 6.07) is 24.6. The molecule has 0 amide bonds. The maximum absolute atomic E-state index is 12.7. The van der Waals surface area contributed by atoms with Crippen LogP contribution in [0.3, 0.4) is 0 Å². The Hall–Kier alpha value is -3.11. The van der Waals surface area contributed by atoms with Gasteiger partial charge in [0.15, 0.2) is 5.78 Å². The lowest BCUT2D eigenvalue weighted by Gasteiger charge is -2.28. The predicted molar refractivity (Wildman–Crippen MR) is 106 cm³/mol. The van der Waals surface area contributed by atoms with Crippen molar-refractivity contribution in [2.24, 2.45) is 0 Å². The third-order valence-electron chi connectivity index (χ3n) is 4.60. The molecular weight excluding hydrogens is 338 g/mol.